The van der Waals surface area contributed by atoms with Gasteiger partial charge in [0.1, 0.15) is 17.2 Å². The molecule has 100 valence electrons. The van der Waals surface area contributed by atoms with Crippen molar-refractivity contribution in [1.82, 2.24) is 4.98 Å². The highest BCUT2D eigenvalue weighted by Crippen LogP contribution is 2.35. The molecular formula is C15H17FN2O. The molecule has 1 unspecified atom stereocenters. The van der Waals surface area contributed by atoms with Crippen LogP contribution in [0.3, 0.4) is 0 Å². The van der Waals surface area contributed by atoms with Gasteiger partial charge in [0.25, 0.3) is 0 Å². The van der Waals surface area contributed by atoms with Crippen molar-refractivity contribution in [3.63, 3.8) is 0 Å². The molecule has 0 saturated carbocycles. The lowest BCUT2D eigenvalue weighted by Gasteiger charge is -2.29. The number of halogens is 1. The summed E-state index contributed by atoms with van der Waals surface area (Å²) in [6.07, 6.45) is 2.02. The Morgan fingerprint density at radius 2 is 2.11 bits per heavy atom. The van der Waals surface area contributed by atoms with Gasteiger partial charge in [0.2, 0.25) is 0 Å². The normalized spacial score (nSPS) is 14.1. The van der Waals surface area contributed by atoms with Crippen molar-refractivity contribution in [2.24, 2.45) is 0 Å². The Hall–Kier alpha value is -1.94. The highest BCUT2D eigenvalue weighted by molar-refractivity contribution is 5.49. The first-order valence-corrected chi connectivity index (χ1v) is 6.18. The lowest BCUT2D eigenvalue weighted by molar-refractivity contribution is 0.0766. The SMILES string of the molecule is CCC(O)(c1cccc(F)c1)c1cc(C)cnc1N. The molecule has 3 nitrogen and oxygen atoms in total. The second-order valence-electron chi connectivity index (χ2n) is 4.67. The second kappa shape index (κ2) is 4.97. The maximum absolute atomic E-state index is 13.4. The van der Waals surface area contributed by atoms with E-state index in [1.54, 1.807) is 24.4 Å². The number of anilines is 1. The van der Waals surface area contributed by atoms with Crippen LogP contribution in [0.25, 0.3) is 0 Å². The topological polar surface area (TPSA) is 59.1 Å². The Morgan fingerprint density at radius 3 is 2.74 bits per heavy atom. The fraction of sp³-hybridized carbons (Fsp3) is 0.267. The average Bonchev–Trinajstić information content (AvgIpc) is 2.40. The number of aryl methyl sites for hydroxylation is 1. The maximum Gasteiger partial charge on any atom is 0.129 e. The molecule has 0 amide bonds. The summed E-state index contributed by atoms with van der Waals surface area (Å²) < 4.78 is 13.4. The average molecular weight is 260 g/mol. The van der Waals surface area contributed by atoms with Crippen LogP contribution in [0.4, 0.5) is 10.2 Å². The number of nitrogens with two attached hydrogens (primary N) is 1. The van der Waals surface area contributed by atoms with E-state index in [2.05, 4.69) is 4.98 Å². The predicted octanol–water partition coefficient (Wildman–Crippen LogP) is 2.76. The molecule has 3 N–H and O–H groups in total. The van der Waals surface area contributed by atoms with Crippen LogP contribution >= 0.6 is 0 Å². The number of hydrogen-bond donors (Lipinski definition) is 2. The first kappa shape index (κ1) is 13.5. The van der Waals surface area contributed by atoms with Crippen molar-refractivity contribution in [2.45, 2.75) is 25.9 Å². The van der Waals surface area contributed by atoms with Crippen molar-refractivity contribution in [2.75, 3.05) is 5.73 Å². The largest absolute Gasteiger partial charge is 0.383 e. The summed E-state index contributed by atoms with van der Waals surface area (Å²) in [6, 6.07) is 7.72. The summed E-state index contributed by atoms with van der Waals surface area (Å²) in [5.74, 6) is -0.122. The van der Waals surface area contributed by atoms with Crippen LogP contribution in [0.15, 0.2) is 36.5 Å². The zero-order valence-electron chi connectivity index (χ0n) is 11.0. The van der Waals surface area contributed by atoms with Crippen LogP contribution in [0, 0.1) is 12.7 Å². The highest BCUT2D eigenvalue weighted by Gasteiger charge is 2.32. The molecule has 1 heterocycles. The van der Waals surface area contributed by atoms with Crippen molar-refractivity contribution in [3.05, 3.63) is 59.0 Å². The molecule has 0 saturated heterocycles. The van der Waals surface area contributed by atoms with Crippen molar-refractivity contribution >= 4 is 5.82 Å². The van der Waals surface area contributed by atoms with E-state index in [4.69, 9.17) is 5.73 Å². The number of nitrogen functional groups attached to an aromatic ring is 1. The van der Waals surface area contributed by atoms with Crippen LogP contribution in [-0.2, 0) is 5.60 Å². The lowest BCUT2D eigenvalue weighted by Crippen LogP contribution is -2.28. The molecule has 0 aliphatic carbocycles. The Morgan fingerprint density at radius 1 is 1.37 bits per heavy atom. The molecule has 1 aromatic heterocycles. The van der Waals surface area contributed by atoms with Crippen molar-refractivity contribution < 1.29 is 9.50 Å². The van der Waals surface area contributed by atoms with Gasteiger partial charge in [0, 0.05) is 11.8 Å². The molecule has 0 aliphatic heterocycles. The molecule has 19 heavy (non-hydrogen) atoms. The number of aliphatic hydroxyl groups is 1. The van der Waals surface area contributed by atoms with E-state index >= 15 is 0 Å². The van der Waals surface area contributed by atoms with Crippen LogP contribution in [0.5, 0.6) is 0 Å². The van der Waals surface area contributed by atoms with Gasteiger partial charge in [-0.05, 0) is 42.7 Å². The molecule has 0 spiro atoms. The molecular weight excluding hydrogens is 243 g/mol. The third kappa shape index (κ3) is 2.44. The van der Waals surface area contributed by atoms with Gasteiger partial charge >= 0.3 is 0 Å². The van der Waals surface area contributed by atoms with Gasteiger partial charge in [-0.25, -0.2) is 9.37 Å². The Balaban J connectivity index is 2.62. The minimum absolute atomic E-state index is 0.263. The van der Waals surface area contributed by atoms with Crippen LogP contribution in [0.2, 0.25) is 0 Å². The third-order valence-electron chi connectivity index (χ3n) is 3.31. The fourth-order valence-corrected chi connectivity index (χ4v) is 2.21. The molecule has 2 rings (SSSR count). The van der Waals surface area contributed by atoms with Crippen LogP contribution in [-0.4, -0.2) is 10.1 Å². The van der Waals surface area contributed by atoms with E-state index in [9.17, 15) is 9.50 Å². The number of pyridine rings is 1. The molecule has 0 fully saturated rings. The predicted molar refractivity (Wildman–Crippen MR) is 73.1 cm³/mol. The standard InChI is InChI=1S/C15H17FN2O/c1-3-15(19,11-5-4-6-12(16)8-11)13-7-10(2)9-18-14(13)17/h4-9,19H,3H2,1-2H3,(H2,17,18). The molecule has 1 aromatic carbocycles. The number of aromatic nitrogens is 1. The van der Waals surface area contributed by atoms with E-state index in [0.717, 1.165) is 5.56 Å². The molecule has 4 heteroatoms. The van der Waals surface area contributed by atoms with Crippen molar-refractivity contribution in [1.29, 1.82) is 0 Å². The van der Waals surface area contributed by atoms with Gasteiger partial charge in [-0.1, -0.05) is 19.1 Å². The summed E-state index contributed by atoms with van der Waals surface area (Å²) in [4.78, 5) is 4.06. The quantitative estimate of drug-likeness (QED) is 0.892. The summed E-state index contributed by atoms with van der Waals surface area (Å²) >= 11 is 0. The van der Waals surface area contributed by atoms with Gasteiger partial charge in [-0.2, -0.15) is 0 Å². The minimum atomic E-state index is -1.33. The zero-order valence-corrected chi connectivity index (χ0v) is 11.0. The van der Waals surface area contributed by atoms with E-state index in [-0.39, 0.29) is 11.6 Å². The van der Waals surface area contributed by atoms with Crippen LogP contribution in [0.1, 0.15) is 30.0 Å². The summed E-state index contributed by atoms with van der Waals surface area (Å²) in [5, 5.41) is 10.9. The number of hydrogen-bond acceptors (Lipinski definition) is 3. The maximum atomic E-state index is 13.4. The summed E-state index contributed by atoms with van der Waals surface area (Å²) in [6.45, 7) is 3.70. The number of rotatable bonds is 3. The van der Waals surface area contributed by atoms with Crippen LogP contribution < -0.4 is 5.73 Å². The first-order valence-electron chi connectivity index (χ1n) is 6.18. The monoisotopic (exact) mass is 260 g/mol. The molecule has 0 aliphatic rings. The van der Waals surface area contributed by atoms with E-state index in [0.29, 0.717) is 17.5 Å². The second-order valence-corrected chi connectivity index (χ2v) is 4.67. The Kier molecular flexibility index (Phi) is 3.53. The van der Waals surface area contributed by atoms with E-state index in [1.165, 1.54) is 12.1 Å². The Bertz CT molecular complexity index is 600. The van der Waals surface area contributed by atoms with E-state index in [1.807, 2.05) is 13.8 Å². The lowest BCUT2D eigenvalue weighted by atomic mass is 9.84. The zero-order chi connectivity index (χ0) is 14.0. The first-order chi connectivity index (χ1) is 8.97. The van der Waals surface area contributed by atoms with Gasteiger partial charge in [0.15, 0.2) is 0 Å². The summed E-state index contributed by atoms with van der Waals surface area (Å²) in [5.41, 5.74) is 6.42. The molecule has 1 atom stereocenters. The smallest absolute Gasteiger partial charge is 0.129 e. The van der Waals surface area contributed by atoms with Gasteiger partial charge in [-0.15, -0.1) is 0 Å². The summed E-state index contributed by atoms with van der Waals surface area (Å²) in [7, 11) is 0. The van der Waals surface area contributed by atoms with Crippen molar-refractivity contribution in [3.8, 4) is 0 Å². The Labute approximate surface area is 111 Å². The third-order valence-corrected chi connectivity index (χ3v) is 3.31. The fourth-order valence-electron chi connectivity index (χ4n) is 2.21. The number of nitrogens with zero attached hydrogens (tertiary/aromatic N) is 1. The van der Waals surface area contributed by atoms with Gasteiger partial charge < -0.3 is 10.8 Å². The van der Waals surface area contributed by atoms with Gasteiger partial charge in [-0.3, -0.25) is 0 Å². The molecule has 0 radical (unpaired) electrons. The number of benzene rings is 1. The highest BCUT2D eigenvalue weighted by atomic mass is 19.1. The minimum Gasteiger partial charge on any atom is -0.383 e. The van der Waals surface area contributed by atoms with Gasteiger partial charge in [0.05, 0.1) is 0 Å². The molecule has 2 aromatic rings. The van der Waals surface area contributed by atoms with E-state index < -0.39 is 5.60 Å². The molecule has 0 bridgehead atoms.